The topological polar surface area (TPSA) is 21.3 Å². The largest absolute Gasteiger partial charge is 0.493 e. The van der Waals surface area contributed by atoms with Crippen LogP contribution in [0, 0.1) is 6.92 Å². The van der Waals surface area contributed by atoms with Crippen LogP contribution in [0.3, 0.4) is 0 Å². The van der Waals surface area contributed by atoms with E-state index in [9.17, 15) is 0 Å². The van der Waals surface area contributed by atoms with Gasteiger partial charge in [0, 0.05) is 24.6 Å². The fourth-order valence-corrected chi connectivity index (χ4v) is 3.06. The zero-order valence-electron chi connectivity index (χ0n) is 13.7. The number of benzene rings is 2. The summed E-state index contributed by atoms with van der Waals surface area (Å²) in [5, 5.41) is 3.70. The zero-order valence-corrected chi connectivity index (χ0v) is 13.7. The molecule has 3 rings (SSSR count). The van der Waals surface area contributed by atoms with E-state index in [1.54, 1.807) is 0 Å². The Morgan fingerprint density at radius 2 is 1.91 bits per heavy atom. The van der Waals surface area contributed by atoms with Gasteiger partial charge in [0.25, 0.3) is 0 Å². The number of para-hydroxylation sites is 1. The fourth-order valence-electron chi connectivity index (χ4n) is 3.06. The van der Waals surface area contributed by atoms with E-state index in [2.05, 4.69) is 68.6 Å². The molecule has 0 spiro atoms. The predicted octanol–water partition coefficient (Wildman–Crippen LogP) is 4.73. The summed E-state index contributed by atoms with van der Waals surface area (Å²) < 4.78 is 5.97. The second-order valence-electron chi connectivity index (χ2n) is 6.48. The Bertz CT molecular complexity index is 631. The van der Waals surface area contributed by atoms with Crippen molar-refractivity contribution < 1.29 is 4.74 Å². The number of aryl methyl sites for hydroxylation is 1. The molecular weight excluding hydrogens is 270 g/mol. The highest BCUT2D eigenvalue weighted by Gasteiger charge is 2.23. The SMILES string of the molecule is Cc1ccc(CNC2CCOc3c(C(C)C)cccc32)cc1. The molecule has 1 heterocycles. The number of hydrogen-bond acceptors (Lipinski definition) is 2. The van der Waals surface area contributed by atoms with Gasteiger partial charge in [-0.2, -0.15) is 0 Å². The van der Waals surface area contributed by atoms with Gasteiger partial charge in [-0.15, -0.1) is 0 Å². The van der Waals surface area contributed by atoms with E-state index in [4.69, 9.17) is 4.74 Å². The van der Waals surface area contributed by atoms with Crippen molar-refractivity contribution in [3.63, 3.8) is 0 Å². The van der Waals surface area contributed by atoms with Crippen LogP contribution in [0.2, 0.25) is 0 Å². The van der Waals surface area contributed by atoms with E-state index < -0.39 is 0 Å². The number of hydrogen-bond donors (Lipinski definition) is 1. The van der Waals surface area contributed by atoms with Gasteiger partial charge in [-0.1, -0.05) is 61.9 Å². The molecule has 0 radical (unpaired) electrons. The van der Waals surface area contributed by atoms with Gasteiger partial charge in [-0.3, -0.25) is 0 Å². The lowest BCUT2D eigenvalue weighted by Crippen LogP contribution is -2.27. The molecule has 1 atom stereocenters. The normalized spacial score (nSPS) is 17.2. The first kappa shape index (κ1) is 15.1. The van der Waals surface area contributed by atoms with E-state index in [1.807, 2.05) is 0 Å². The highest BCUT2D eigenvalue weighted by Crippen LogP contribution is 2.38. The minimum atomic E-state index is 0.378. The lowest BCUT2D eigenvalue weighted by molar-refractivity contribution is 0.249. The maximum Gasteiger partial charge on any atom is 0.127 e. The summed E-state index contributed by atoms with van der Waals surface area (Å²) in [6.07, 6.45) is 1.03. The molecule has 2 heteroatoms. The molecule has 0 aliphatic carbocycles. The molecule has 1 aliphatic heterocycles. The zero-order chi connectivity index (χ0) is 15.5. The first-order valence-electron chi connectivity index (χ1n) is 8.19. The van der Waals surface area contributed by atoms with Gasteiger partial charge in [0.05, 0.1) is 6.61 Å². The highest BCUT2D eigenvalue weighted by molar-refractivity contribution is 5.46. The number of nitrogens with one attached hydrogen (secondary N) is 1. The average molecular weight is 295 g/mol. The van der Waals surface area contributed by atoms with Crippen LogP contribution in [0.15, 0.2) is 42.5 Å². The lowest BCUT2D eigenvalue weighted by atomic mass is 9.93. The Hall–Kier alpha value is -1.80. The summed E-state index contributed by atoms with van der Waals surface area (Å²) in [5.74, 6) is 1.59. The van der Waals surface area contributed by atoms with Gasteiger partial charge in [0.2, 0.25) is 0 Å². The second kappa shape index (κ2) is 6.53. The Morgan fingerprint density at radius 3 is 2.64 bits per heavy atom. The molecule has 1 aliphatic rings. The quantitative estimate of drug-likeness (QED) is 0.880. The molecule has 0 amide bonds. The summed E-state index contributed by atoms with van der Waals surface area (Å²) in [7, 11) is 0. The van der Waals surface area contributed by atoms with Gasteiger partial charge in [-0.05, 0) is 24.0 Å². The molecule has 2 aromatic carbocycles. The van der Waals surface area contributed by atoms with Gasteiger partial charge in [0.15, 0.2) is 0 Å². The van der Waals surface area contributed by atoms with Crippen molar-refractivity contribution in [1.29, 1.82) is 0 Å². The van der Waals surface area contributed by atoms with Crippen molar-refractivity contribution in [3.8, 4) is 5.75 Å². The molecule has 2 aromatic rings. The van der Waals surface area contributed by atoms with Crippen molar-refractivity contribution in [1.82, 2.24) is 5.32 Å². The van der Waals surface area contributed by atoms with E-state index in [0.717, 1.165) is 25.3 Å². The molecule has 0 fully saturated rings. The molecule has 0 saturated carbocycles. The number of ether oxygens (including phenoxy) is 1. The summed E-state index contributed by atoms with van der Waals surface area (Å²) in [5.41, 5.74) is 5.27. The van der Waals surface area contributed by atoms with Gasteiger partial charge in [-0.25, -0.2) is 0 Å². The third kappa shape index (κ3) is 3.17. The van der Waals surface area contributed by atoms with E-state index >= 15 is 0 Å². The molecule has 116 valence electrons. The maximum atomic E-state index is 5.97. The van der Waals surface area contributed by atoms with Crippen LogP contribution in [0.25, 0.3) is 0 Å². The summed E-state index contributed by atoms with van der Waals surface area (Å²) in [4.78, 5) is 0. The van der Waals surface area contributed by atoms with Crippen LogP contribution in [0.5, 0.6) is 5.75 Å². The first-order valence-corrected chi connectivity index (χ1v) is 8.19. The van der Waals surface area contributed by atoms with Crippen molar-refractivity contribution in [2.75, 3.05) is 6.61 Å². The van der Waals surface area contributed by atoms with Crippen LogP contribution in [0.4, 0.5) is 0 Å². The molecule has 0 saturated heterocycles. The standard InChI is InChI=1S/C20H25NO/c1-14(2)17-5-4-6-18-19(11-12-22-20(17)18)21-13-16-9-7-15(3)8-10-16/h4-10,14,19,21H,11-13H2,1-3H3. The van der Waals surface area contributed by atoms with Crippen LogP contribution >= 0.6 is 0 Å². The minimum absolute atomic E-state index is 0.378. The molecule has 0 bridgehead atoms. The first-order chi connectivity index (χ1) is 10.6. The molecule has 1 unspecified atom stereocenters. The van der Waals surface area contributed by atoms with Crippen LogP contribution in [-0.2, 0) is 6.54 Å². The third-order valence-electron chi connectivity index (χ3n) is 4.40. The molecule has 0 aromatic heterocycles. The smallest absolute Gasteiger partial charge is 0.127 e. The Morgan fingerprint density at radius 1 is 1.14 bits per heavy atom. The molecule has 1 N–H and O–H groups in total. The van der Waals surface area contributed by atoms with Gasteiger partial charge >= 0.3 is 0 Å². The third-order valence-corrected chi connectivity index (χ3v) is 4.40. The molecule has 2 nitrogen and oxygen atoms in total. The summed E-state index contributed by atoms with van der Waals surface area (Å²) >= 11 is 0. The maximum absolute atomic E-state index is 5.97. The molecule has 22 heavy (non-hydrogen) atoms. The van der Waals surface area contributed by atoms with Crippen molar-refractivity contribution >= 4 is 0 Å². The number of rotatable bonds is 4. The van der Waals surface area contributed by atoms with E-state index in [1.165, 1.54) is 22.3 Å². The summed E-state index contributed by atoms with van der Waals surface area (Å²) in [6, 6.07) is 15.7. The van der Waals surface area contributed by atoms with Crippen LogP contribution in [-0.4, -0.2) is 6.61 Å². The van der Waals surface area contributed by atoms with Crippen molar-refractivity contribution in [2.45, 2.75) is 45.7 Å². The average Bonchev–Trinajstić information content (AvgIpc) is 2.53. The minimum Gasteiger partial charge on any atom is -0.493 e. The van der Waals surface area contributed by atoms with E-state index in [0.29, 0.717) is 12.0 Å². The second-order valence-corrected chi connectivity index (χ2v) is 6.48. The van der Waals surface area contributed by atoms with Gasteiger partial charge in [0.1, 0.15) is 5.75 Å². The van der Waals surface area contributed by atoms with Crippen molar-refractivity contribution in [2.24, 2.45) is 0 Å². The predicted molar refractivity (Wildman–Crippen MR) is 91.4 cm³/mol. The highest BCUT2D eigenvalue weighted by atomic mass is 16.5. The molecular formula is C20H25NO. The Balaban J connectivity index is 1.77. The monoisotopic (exact) mass is 295 g/mol. The van der Waals surface area contributed by atoms with Crippen LogP contribution < -0.4 is 10.1 Å². The Kier molecular flexibility index (Phi) is 4.49. The van der Waals surface area contributed by atoms with E-state index in [-0.39, 0.29) is 0 Å². The lowest BCUT2D eigenvalue weighted by Gasteiger charge is -2.29. The van der Waals surface area contributed by atoms with Gasteiger partial charge < -0.3 is 10.1 Å². The number of fused-ring (bicyclic) bond motifs is 1. The van der Waals surface area contributed by atoms with Crippen LogP contribution in [0.1, 0.15) is 54.5 Å². The fraction of sp³-hybridized carbons (Fsp3) is 0.400. The summed E-state index contributed by atoms with van der Waals surface area (Å²) in [6.45, 7) is 8.27. The Labute approximate surface area is 133 Å². The van der Waals surface area contributed by atoms with Crippen molar-refractivity contribution in [3.05, 3.63) is 64.7 Å².